The van der Waals surface area contributed by atoms with Crippen LogP contribution in [0.5, 0.6) is 0 Å². The maximum Gasteiger partial charge on any atom is 0.123 e. The van der Waals surface area contributed by atoms with E-state index in [-0.39, 0.29) is 0 Å². The van der Waals surface area contributed by atoms with Crippen molar-refractivity contribution in [3.05, 3.63) is 76.8 Å². The predicted octanol–water partition coefficient (Wildman–Crippen LogP) is 5.12. The van der Waals surface area contributed by atoms with Crippen molar-refractivity contribution in [2.75, 3.05) is 0 Å². The lowest BCUT2D eigenvalue weighted by atomic mass is 10.2. The van der Waals surface area contributed by atoms with Gasteiger partial charge in [0.2, 0.25) is 0 Å². The van der Waals surface area contributed by atoms with Crippen molar-refractivity contribution in [3.8, 4) is 16.6 Å². The molecule has 3 rings (SSSR count). The van der Waals surface area contributed by atoms with E-state index in [4.69, 9.17) is 10.2 Å². The highest BCUT2D eigenvalue weighted by atomic mass is 32.2. The standard InChI is InChI=1S/C18H14N2S2/c19-10-14-6-8-15(9-7-14)11-21-12-17-13-22-18(20-17)16-4-2-1-3-5-16/h1-9,13H,11-12H2. The van der Waals surface area contributed by atoms with Gasteiger partial charge in [-0.25, -0.2) is 4.98 Å². The van der Waals surface area contributed by atoms with E-state index in [0.717, 1.165) is 22.2 Å². The van der Waals surface area contributed by atoms with Gasteiger partial charge >= 0.3 is 0 Å². The van der Waals surface area contributed by atoms with Crippen molar-refractivity contribution in [2.24, 2.45) is 0 Å². The maximum absolute atomic E-state index is 8.79. The Hall–Kier alpha value is -2.09. The summed E-state index contributed by atoms with van der Waals surface area (Å²) in [6.45, 7) is 0. The number of thioether (sulfide) groups is 1. The summed E-state index contributed by atoms with van der Waals surface area (Å²) in [7, 11) is 0. The van der Waals surface area contributed by atoms with Gasteiger partial charge in [0.05, 0.1) is 17.3 Å². The molecule has 0 radical (unpaired) electrons. The number of aromatic nitrogens is 1. The third kappa shape index (κ3) is 3.76. The van der Waals surface area contributed by atoms with Gasteiger partial charge in [-0.15, -0.1) is 11.3 Å². The third-order valence-electron chi connectivity index (χ3n) is 3.17. The van der Waals surface area contributed by atoms with E-state index < -0.39 is 0 Å². The fourth-order valence-corrected chi connectivity index (χ4v) is 3.85. The molecule has 0 bridgehead atoms. The largest absolute Gasteiger partial charge is 0.240 e. The minimum atomic E-state index is 0.709. The molecule has 2 aromatic carbocycles. The van der Waals surface area contributed by atoms with Gasteiger partial charge in [0.25, 0.3) is 0 Å². The number of hydrogen-bond donors (Lipinski definition) is 0. The summed E-state index contributed by atoms with van der Waals surface area (Å²) in [4.78, 5) is 4.69. The Morgan fingerprint density at radius 3 is 2.50 bits per heavy atom. The summed E-state index contributed by atoms with van der Waals surface area (Å²) >= 11 is 3.54. The molecule has 2 nitrogen and oxygen atoms in total. The molecule has 0 saturated heterocycles. The molecule has 0 N–H and O–H groups in total. The molecule has 4 heteroatoms. The predicted molar refractivity (Wildman–Crippen MR) is 93.7 cm³/mol. The molecule has 0 unspecified atom stereocenters. The maximum atomic E-state index is 8.79. The Balaban J connectivity index is 1.56. The number of nitrogens with zero attached hydrogens (tertiary/aromatic N) is 2. The van der Waals surface area contributed by atoms with Crippen LogP contribution in [0, 0.1) is 11.3 Å². The Labute approximate surface area is 138 Å². The fraction of sp³-hybridized carbons (Fsp3) is 0.111. The molecule has 0 aliphatic rings. The second-order valence-electron chi connectivity index (χ2n) is 4.81. The topological polar surface area (TPSA) is 36.7 Å². The van der Waals surface area contributed by atoms with Crippen molar-refractivity contribution in [1.82, 2.24) is 4.98 Å². The van der Waals surface area contributed by atoms with Crippen LogP contribution in [0.15, 0.2) is 60.0 Å². The number of benzene rings is 2. The molecule has 0 atom stereocenters. The van der Waals surface area contributed by atoms with E-state index in [9.17, 15) is 0 Å². The molecule has 0 spiro atoms. The molecule has 0 aliphatic heterocycles. The lowest BCUT2D eigenvalue weighted by Gasteiger charge is -2.00. The lowest BCUT2D eigenvalue weighted by Crippen LogP contribution is -1.85. The molecule has 0 amide bonds. The first kappa shape index (κ1) is 14.8. The molecule has 0 aliphatic carbocycles. The quantitative estimate of drug-likeness (QED) is 0.654. The number of rotatable bonds is 5. The smallest absolute Gasteiger partial charge is 0.123 e. The average molecular weight is 322 g/mol. The zero-order valence-electron chi connectivity index (χ0n) is 11.9. The molecular formula is C18H14N2S2. The normalized spacial score (nSPS) is 10.3. The van der Waals surface area contributed by atoms with Crippen molar-refractivity contribution >= 4 is 23.1 Å². The van der Waals surface area contributed by atoms with Gasteiger partial charge in [-0.2, -0.15) is 17.0 Å². The summed E-state index contributed by atoms with van der Waals surface area (Å²) in [6, 6.07) is 20.2. The summed E-state index contributed by atoms with van der Waals surface area (Å²) in [5.41, 5.74) is 4.25. The summed E-state index contributed by atoms with van der Waals surface area (Å²) in [6.07, 6.45) is 0. The van der Waals surface area contributed by atoms with Crippen LogP contribution in [0.4, 0.5) is 0 Å². The molecule has 22 heavy (non-hydrogen) atoms. The Kier molecular flexibility index (Phi) is 4.89. The van der Waals surface area contributed by atoms with E-state index in [1.165, 1.54) is 11.1 Å². The van der Waals surface area contributed by atoms with Gasteiger partial charge in [0, 0.05) is 22.4 Å². The van der Waals surface area contributed by atoms with Crippen LogP contribution in [-0.4, -0.2) is 4.98 Å². The number of nitriles is 1. The van der Waals surface area contributed by atoms with Crippen LogP contribution in [0.2, 0.25) is 0 Å². The molecule has 1 aromatic heterocycles. The Morgan fingerprint density at radius 1 is 1.00 bits per heavy atom. The molecule has 0 saturated carbocycles. The van der Waals surface area contributed by atoms with Crippen molar-refractivity contribution < 1.29 is 0 Å². The van der Waals surface area contributed by atoms with E-state index in [2.05, 4.69) is 23.6 Å². The molecule has 0 fully saturated rings. The van der Waals surface area contributed by atoms with Crippen molar-refractivity contribution in [1.29, 1.82) is 5.26 Å². The molecule has 3 aromatic rings. The lowest BCUT2D eigenvalue weighted by molar-refractivity contribution is 1.23. The first-order valence-electron chi connectivity index (χ1n) is 6.92. The van der Waals surface area contributed by atoms with Gasteiger partial charge in [-0.05, 0) is 17.7 Å². The van der Waals surface area contributed by atoms with Crippen LogP contribution in [-0.2, 0) is 11.5 Å². The fourth-order valence-electron chi connectivity index (χ4n) is 2.04. The first-order valence-corrected chi connectivity index (χ1v) is 8.95. The van der Waals surface area contributed by atoms with Crippen LogP contribution >= 0.6 is 23.1 Å². The minimum Gasteiger partial charge on any atom is -0.240 e. The van der Waals surface area contributed by atoms with E-state index in [1.807, 2.05) is 54.2 Å². The van der Waals surface area contributed by atoms with Gasteiger partial charge in [-0.3, -0.25) is 0 Å². The average Bonchev–Trinajstić information content (AvgIpc) is 3.05. The van der Waals surface area contributed by atoms with Gasteiger partial charge in [0.1, 0.15) is 5.01 Å². The zero-order valence-corrected chi connectivity index (χ0v) is 13.5. The monoisotopic (exact) mass is 322 g/mol. The van der Waals surface area contributed by atoms with Crippen molar-refractivity contribution in [3.63, 3.8) is 0 Å². The van der Waals surface area contributed by atoms with Crippen LogP contribution in [0.25, 0.3) is 10.6 Å². The highest BCUT2D eigenvalue weighted by molar-refractivity contribution is 7.97. The van der Waals surface area contributed by atoms with Gasteiger partial charge in [-0.1, -0.05) is 42.5 Å². The van der Waals surface area contributed by atoms with Crippen molar-refractivity contribution in [2.45, 2.75) is 11.5 Å². The third-order valence-corrected chi connectivity index (χ3v) is 5.15. The summed E-state index contributed by atoms with van der Waals surface area (Å²) in [5.74, 6) is 1.84. The Morgan fingerprint density at radius 2 is 1.77 bits per heavy atom. The van der Waals surface area contributed by atoms with Gasteiger partial charge < -0.3 is 0 Å². The second kappa shape index (κ2) is 7.26. The Bertz CT molecular complexity index is 771. The molecule has 1 heterocycles. The minimum absolute atomic E-state index is 0.709. The van der Waals surface area contributed by atoms with E-state index >= 15 is 0 Å². The number of hydrogen-bond acceptors (Lipinski definition) is 4. The van der Waals surface area contributed by atoms with E-state index in [1.54, 1.807) is 11.3 Å². The second-order valence-corrected chi connectivity index (χ2v) is 6.66. The first-order chi connectivity index (χ1) is 10.8. The summed E-state index contributed by atoms with van der Waals surface area (Å²) in [5, 5.41) is 12.0. The van der Waals surface area contributed by atoms with Crippen LogP contribution in [0.1, 0.15) is 16.8 Å². The summed E-state index contributed by atoms with van der Waals surface area (Å²) < 4.78 is 0. The van der Waals surface area contributed by atoms with Crippen LogP contribution in [0.3, 0.4) is 0 Å². The molecule has 108 valence electrons. The highest BCUT2D eigenvalue weighted by Crippen LogP contribution is 2.26. The molecular weight excluding hydrogens is 308 g/mol. The SMILES string of the molecule is N#Cc1ccc(CSCc2csc(-c3ccccc3)n2)cc1. The number of thiazole rings is 1. The van der Waals surface area contributed by atoms with Gasteiger partial charge in [0.15, 0.2) is 0 Å². The zero-order chi connectivity index (χ0) is 15.2. The highest BCUT2D eigenvalue weighted by Gasteiger charge is 2.04. The van der Waals surface area contributed by atoms with E-state index in [0.29, 0.717) is 5.56 Å². The van der Waals surface area contributed by atoms with Crippen LogP contribution < -0.4 is 0 Å².